The number of nitrogens with one attached hydrogen (secondary N) is 1. The zero-order chi connectivity index (χ0) is 22.3. The summed E-state index contributed by atoms with van der Waals surface area (Å²) in [5.74, 6) is -0.882. The summed E-state index contributed by atoms with van der Waals surface area (Å²) in [6, 6.07) is 15.5. The van der Waals surface area contributed by atoms with Crippen LogP contribution in [0.2, 0.25) is 0 Å². The van der Waals surface area contributed by atoms with Crippen LogP contribution in [0.5, 0.6) is 0 Å². The SMILES string of the molecule is CC(=O)Nc1cccc(Cn2c3cc(C(F)(F)F)ccc3c3c(C(N)=O)cccc32)c1. The van der Waals surface area contributed by atoms with Crippen LogP contribution >= 0.6 is 0 Å². The third-order valence-electron chi connectivity index (χ3n) is 5.07. The maximum Gasteiger partial charge on any atom is 0.416 e. The number of carbonyl (C=O) groups is 2. The van der Waals surface area contributed by atoms with E-state index in [9.17, 15) is 22.8 Å². The third-order valence-corrected chi connectivity index (χ3v) is 5.07. The highest BCUT2D eigenvalue weighted by Crippen LogP contribution is 2.37. The Morgan fingerprint density at radius 3 is 2.42 bits per heavy atom. The number of primary amides is 1. The van der Waals surface area contributed by atoms with Gasteiger partial charge in [0.15, 0.2) is 0 Å². The van der Waals surface area contributed by atoms with E-state index in [1.54, 1.807) is 41.0 Å². The second-order valence-electron chi connectivity index (χ2n) is 7.26. The van der Waals surface area contributed by atoms with Crippen molar-refractivity contribution in [2.24, 2.45) is 5.73 Å². The number of anilines is 1. The van der Waals surface area contributed by atoms with E-state index >= 15 is 0 Å². The molecule has 0 spiro atoms. The van der Waals surface area contributed by atoms with E-state index in [1.165, 1.54) is 13.0 Å². The van der Waals surface area contributed by atoms with Crippen molar-refractivity contribution in [3.63, 3.8) is 0 Å². The number of hydrogen-bond acceptors (Lipinski definition) is 2. The number of aromatic nitrogens is 1. The number of rotatable bonds is 4. The summed E-state index contributed by atoms with van der Waals surface area (Å²) in [5.41, 5.74) is 7.28. The van der Waals surface area contributed by atoms with Gasteiger partial charge in [-0.2, -0.15) is 13.2 Å². The first-order valence-corrected chi connectivity index (χ1v) is 9.43. The average molecular weight is 425 g/mol. The number of halogens is 3. The number of nitrogens with zero attached hydrogens (tertiary/aromatic N) is 1. The summed E-state index contributed by atoms with van der Waals surface area (Å²) in [6.07, 6.45) is -4.51. The van der Waals surface area contributed by atoms with Crippen LogP contribution in [-0.4, -0.2) is 16.4 Å². The minimum Gasteiger partial charge on any atom is -0.366 e. The van der Waals surface area contributed by atoms with Crippen LogP contribution in [0.4, 0.5) is 18.9 Å². The maximum absolute atomic E-state index is 13.4. The summed E-state index contributed by atoms with van der Waals surface area (Å²) >= 11 is 0. The normalized spacial score (nSPS) is 11.7. The van der Waals surface area contributed by atoms with Crippen molar-refractivity contribution in [2.45, 2.75) is 19.6 Å². The highest BCUT2D eigenvalue weighted by atomic mass is 19.4. The zero-order valence-electron chi connectivity index (χ0n) is 16.5. The fraction of sp³-hybridized carbons (Fsp3) is 0.130. The second-order valence-corrected chi connectivity index (χ2v) is 7.26. The van der Waals surface area contributed by atoms with Gasteiger partial charge in [-0.25, -0.2) is 0 Å². The van der Waals surface area contributed by atoms with Crippen molar-refractivity contribution in [3.8, 4) is 0 Å². The lowest BCUT2D eigenvalue weighted by Crippen LogP contribution is -2.11. The maximum atomic E-state index is 13.4. The van der Waals surface area contributed by atoms with Crippen LogP contribution in [0.15, 0.2) is 60.7 Å². The number of carbonyl (C=O) groups excluding carboxylic acids is 2. The molecule has 4 aromatic rings. The second kappa shape index (κ2) is 7.46. The first-order chi connectivity index (χ1) is 14.6. The molecule has 0 unspecified atom stereocenters. The zero-order valence-corrected chi connectivity index (χ0v) is 16.5. The molecule has 0 saturated carbocycles. The molecule has 31 heavy (non-hydrogen) atoms. The Morgan fingerprint density at radius 1 is 1.00 bits per heavy atom. The lowest BCUT2D eigenvalue weighted by Gasteiger charge is -2.11. The lowest BCUT2D eigenvalue weighted by molar-refractivity contribution is -0.137. The molecule has 3 aromatic carbocycles. The van der Waals surface area contributed by atoms with Gasteiger partial charge in [0, 0.05) is 35.5 Å². The molecule has 0 radical (unpaired) electrons. The monoisotopic (exact) mass is 425 g/mol. The standard InChI is InChI=1S/C23H18F3N3O2/c1-13(30)28-16-5-2-4-14(10-16)12-29-19-7-3-6-18(22(27)31)21(19)17-9-8-15(11-20(17)29)23(24,25)26/h2-11H,12H2,1H3,(H2,27,31)(H,28,30). The number of alkyl halides is 3. The Bertz CT molecular complexity index is 1340. The van der Waals surface area contributed by atoms with Gasteiger partial charge < -0.3 is 15.6 Å². The van der Waals surface area contributed by atoms with E-state index in [4.69, 9.17) is 5.73 Å². The molecule has 3 N–H and O–H groups in total. The van der Waals surface area contributed by atoms with E-state index < -0.39 is 17.6 Å². The Morgan fingerprint density at radius 2 is 1.74 bits per heavy atom. The van der Waals surface area contributed by atoms with Gasteiger partial charge in [0.05, 0.1) is 16.6 Å². The van der Waals surface area contributed by atoms with Gasteiger partial charge in [-0.3, -0.25) is 9.59 Å². The number of fused-ring (bicyclic) bond motifs is 3. The summed E-state index contributed by atoms with van der Waals surface area (Å²) < 4.78 is 41.9. The van der Waals surface area contributed by atoms with Crippen LogP contribution in [0, 0.1) is 0 Å². The molecular formula is C23H18F3N3O2. The van der Waals surface area contributed by atoms with Crippen molar-refractivity contribution in [1.29, 1.82) is 0 Å². The number of hydrogen-bond donors (Lipinski definition) is 2. The highest BCUT2D eigenvalue weighted by Gasteiger charge is 2.31. The van der Waals surface area contributed by atoms with E-state index in [-0.39, 0.29) is 18.0 Å². The lowest BCUT2D eigenvalue weighted by atomic mass is 10.0. The molecule has 1 heterocycles. The molecule has 0 aliphatic carbocycles. The van der Waals surface area contributed by atoms with Crippen LogP contribution in [0.25, 0.3) is 21.8 Å². The Labute approximate surface area is 175 Å². The van der Waals surface area contributed by atoms with Crippen molar-refractivity contribution < 1.29 is 22.8 Å². The third kappa shape index (κ3) is 3.84. The van der Waals surface area contributed by atoms with Crippen LogP contribution < -0.4 is 11.1 Å². The molecule has 1 aromatic heterocycles. The van der Waals surface area contributed by atoms with Gasteiger partial charge in [0.2, 0.25) is 11.8 Å². The Hall–Kier alpha value is -3.81. The van der Waals surface area contributed by atoms with E-state index in [2.05, 4.69) is 5.32 Å². The minimum atomic E-state index is -4.51. The molecule has 4 rings (SSSR count). The molecule has 0 atom stereocenters. The molecule has 0 aliphatic heterocycles. The first kappa shape index (κ1) is 20.5. The Kier molecular flexibility index (Phi) is 4.93. The molecular weight excluding hydrogens is 407 g/mol. The number of benzene rings is 3. The quantitative estimate of drug-likeness (QED) is 0.487. The van der Waals surface area contributed by atoms with E-state index in [1.807, 2.05) is 6.07 Å². The molecule has 0 saturated heterocycles. The Balaban J connectivity index is 1.97. The van der Waals surface area contributed by atoms with Crippen LogP contribution in [-0.2, 0) is 17.5 Å². The summed E-state index contributed by atoms with van der Waals surface area (Å²) in [7, 11) is 0. The molecule has 0 aliphatic rings. The summed E-state index contributed by atoms with van der Waals surface area (Å²) in [4.78, 5) is 23.3. The highest BCUT2D eigenvalue weighted by molar-refractivity contribution is 6.18. The van der Waals surface area contributed by atoms with Crippen molar-refractivity contribution >= 4 is 39.3 Å². The van der Waals surface area contributed by atoms with Gasteiger partial charge in [-0.15, -0.1) is 0 Å². The van der Waals surface area contributed by atoms with E-state index in [0.717, 1.165) is 17.7 Å². The van der Waals surface area contributed by atoms with Gasteiger partial charge in [0.1, 0.15) is 0 Å². The number of nitrogens with two attached hydrogens (primary N) is 1. The van der Waals surface area contributed by atoms with Crippen molar-refractivity contribution in [2.75, 3.05) is 5.32 Å². The topological polar surface area (TPSA) is 77.1 Å². The van der Waals surface area contributed by atoms with Crippen molar-refractivity contribution in [3.05, 3.63) is 77.4 Å². The van der Waals surface area contributed by atoms with Gasteiger partial charge in [-0.05, 0) is 42.0 Å². The van der Waals surface area contributed by atoms with Crippen molar-refractivity contribution in [1.82, 2.24) is 4.57 Å². The predicted octanol–water partition coefficient (Wildman–Crippen LogP) is 4.92. The van der Waals surface area contributed by atoms with Gasteiger partial charge >= 0.3 is 6.18 Å². The average Bonchev–Trinajstić information content (AvgIpc) is 3.00. The molecule has 8 heteroatoms. The van der Waals surface area contributed by atoms with Gasteiger partial charge in [-0.1, -0.05) is 24.3 Å². The van der Waals surface area contributed by atoms with Gasteiger partial charge in [0.25, 0.3) is 0 Å². The van der Waals surface area contributed by atoms with Crippen LogP contribution in [0.1, 0.15) is 28.4 Å². The molecule has 158 valence electrons. The fourth-order valence-corrected chi connectivity index (χ4v) is 3.83. The van der Waals surface area contributed by atoms with E-state index in [0.29, 0.717) is 27.5 Å². The molecule has 5 nitrogen and oxygen atoms in total. The minimum absolute atomic E-state index is 0.227. The molecule has 2 amide bonds. The molecule has 0 bridgehead atoms. The van der Waals surface area contributed by atoms with Crippen LogP contribution in [0.3, 0.4) is 0 Å². The molecule has 0 fully saturated rings. The first-order valence-electron chi connectivity index (χ1n) is 9.43. The smallest absolute Gasteiger partial charge is 0.366 e. The largest absolute Gasteiger partial charge is 0.416 e. The number of amides is 2. The predicted molar refractivity (Wildman–Crippen MR) is 113 cm³/mol. The summed E-state index contributed by atoms with van der Waals surface area (Å²) in [6.45, 7) is 1.63. The summed E-state index contributed by atoms with van der Waals surface area (Å²) in [5, 5.41) is 3.71. The fourth-order valence-electron chi connectivity index (χ4n) is 3.83.